The van der Waals surface area contributed by atoms with E-state index in [9.17, 15) is 0 Å². The Morgan fingerprint density at radius 2 is 2.10 bits per heavy atom. The lowest BCUT2D eigenvalue weighted by Crippen LogP contribution is -2.39. The molecule has 0 unspecified atom stereocenters. The van der Waals surface area contributed by atoms with Crippen LogP contribution in [0.1, 0.15) is 26.2 Å². The first kappa shape index (κ1) is 14.6. The van der Waals surface area contributed by atoms with Gasteiger partial charge in [0.1, 0.15) is 0 Å². The van der Waals surface area contributed by atoms with Crippen molar-refractivity contribution in [2.75, 3.05) is 25.0 Å². The normalized spacial score (nSPS) is 17.2. The molecule has 1 aliphatic rings. The van der Waals surface area contributed by atoms with Crippen LogP contribution in [0.25, 0.3) is 10.9 Å². The van der Waals surface area contributed by atoms with Crippen LogP contribution in [0.5, 0.6) is 0 Å². The molecule has 1 aliphatic heterocycles. The molecule has 4 heteroatoms. The highest BCUT2D eigenvalue weighted by Crippen LogP contribution is 2.29. The highest BCUT2D eigenvalue weighted by Gasteiger charge is 2.19. The zero-order valence-electron chi connectivity index (χ0n) is 12.5. The van der Waals surface area contributed by atoms with Crippen LogP contribution in [-0.2, 0) is 0 Å². The fraction of sp³-hybridized carbons (Fsp3) is 0.471. The molecular formula is C17H22ClN3. The Labute approximate surface area is 131 Å². The number of nitrogens with one attached hydrogen (secondary N) is 1. The number of rotatable bonds is 4. The third-order valence-corrected chi connectivity index (χ3v) is 4.53. The molecule has 1 fully saturated rings. The van der Waals surface area contributed by atoms with Gasteiger partial charge in [0.2, 0.25) is 0 Å². The van der Waals surface area contributed by atoms with Crippen molar-refractivity contribution < 1.29 is 0 Å². The summed E-state index contributed by atoms with van der Waals surface area (Å²) in [6, 6.07) is 8.50. The first-order valence-electron chi connectivity index (χ1n) is 7.80. The molecule has 1 aromatic carbocycles. The first-order chi connectivity index (χ1) is 10.3. The van der Waals surface area contributed by atoms with Crippen molar-refractivity contribution in [3.05, 3.63) is 35.5 Å². The molecular weight excluding hydrogens is 282 g/mol. The monoisotopic (exact) mass is 303 g/mol. The van der Waals surface area contributed by atoms with E-state index in [2.05, 4.69) is 28.2 Å². The number of aromatic nitrogens is 1. The molecule has 0 bridgehead atoms. The Kier molecular flexibility index (Phi) is 4.61. The van der Waals surface area contributed by atoms with Gasteiger partial charge >= 0.3 is 0 Å². The lowest BCUT2D eigenvalue weighted by Gasteiger charge is -2.32. The summed E-state index contributed by atoms with van der Waals surface area (Å²) in [5, 5.41) is 5.45. The molecule has 1 aromatic heterocycles. The summed E-state index contributed by atoms with van der Waals surface area (Å²) < 4.78 is 0. The highest BCUT2D eigenvalue weighted by atomic mass is 35.5. The van der Waals surface area contributed by atoms with Gasteiger partial charge in [0.05, 0.1) is 16.2 Å². The minimum absolute atomic E-state index is 0.532. The van der Waals surface area contributed by atoms with Crippen molar-refractivity contribution in [2.24, 2.45) is 0 Å². The lowest BCUT2D eigenvalue weighted by molar-refractivity contribution is 0.219. The van der Waals surface area contributed by atoms with E-state index in [0.717, 1.165) is 21.6 Å². The molecule has 0 atom stereocenters. The summed E-state index contributed by atoms with van der Waals surface area (Å²) in [6.45, 7) is 5.84. The Hall–Kier alpha value is -1.32. The van der Waals surface area contributed by atoms with Gasteiger partial charge in [-0.3, -0.25) is 4.98 Å². The van der Waals surface area contributed by atoms with Gasteiger partial charge in [-0.05, 0) is 50.1 Å². The number of anilines is 1. The molecule has 21 heavy (non-hydrogen) atoms. The van der Waals surface area contributed by atoms with Crippen molar-refractivity contribution >= 4 is 28.2 Å². The summed E-state index contributed by atoms with van der Waals surface area (Å²) in [6.07, 6.45) is 5.45. The zero-order valence-corrected chi connectivity index (χ0v) is 13.2. The lowest BCUT2D eigenvalue weighted by atomic mass is 10.0. The number of likely N-dealkylation sites (tertiary alicyclic amines) is 1. The fourth-order valence-electron chi connectivity index (χ4n) is 3.09. The highest BCUT2D eigenvalue weighted by molar-refractivity contribution is 6.35. The predicted octanol–water partition coefficient (Wildman–Crippen LogP) is 4.17. The molecule has 0 radical (unpaired) electrons. The van der Waals surface area contributed by atoms with Gasteiger partial charge in [-0.1, -0.05) is 18.5 Å². The third-order valence-electron chi connectivity index (χ3n) is 4.20. The first-order valence-corrected chi connectivity index (χ1v) is 8.18. The second kappa shape index (κ2) is 6.63. The van der Waals surface area contributed by atoms with E-state index in [1.165, 1.54) is 38.9 Å². The van der Waals surface area contributed by atoms with E-state index in [1.807, 2.05) is 24.4 Å². The maximum atomic E-state index is 6.25. The minimum atomic E-state index is 0.532. The van der Waals surface area contributed by atoms with Crippen LogP contribution in [0.15, 0.2) is 30.5 Å². The van der Waals surface area contributed by atoms with Crippen LogP contribution in [0, 0.1) is 0 Å². The average molecular weight is 304 g/mol. The van der Waals surface area contributed by atoms with Crippen LogP contribution >= 0.6 is 11.6 Å². The van der Waals surface area contributed by atoms with E-state index < -0.39 is 0 Å². The molecule has 3 rings (SSSR count). The Morgan fingerprint density at radius 3 is 2.86 bits per heavy atom. The Bertz CT molecular complexity index is 606. The number of hydrogen-bond acceptors (Lipinski definition) is 3. The van der Waals surface area contributed by atoms with Gasteiger partial charge in [-0.15, -0.1) is 0 Å². The maximum absolute atomic E-state index is 6.25. The number of benzene rings is 1. The molecule has 0 amide bonds. The number of nitrogens with zero attached hydrogens (tertiary/aromatic N) is 2. The topological polar surface area (TPSA) is 28.2 Å². The van der Waals surface area contributed by atoms with E-state index >= 15 is 0 Å². The number of piperidine rings is 1. The van der Waals surface area contributed by atoms with E-state index in [4.69, 9.17) is 11.6 Å². The smallest absolute Gasteiger partial charge is 0.0948 e. The predicted molar refractivity (Wildman–Crippen MR) is 90.1 cm³/mol. The largest absolute Gasteiger partial charge is 0.380 e. The molecule has 112 valence electrons. The zero-order chi connectivity index (χ0) is 14.7. The van der Waals surface area contributed by atoms with Crippen LogP contribution in [0.2, 0.25) is 5.02 Å². The van der Waals surface area contributed by atoms with Crippen LogP contribution < -0.4 is 5.32 Å². The third kappa shape index (κ3) is 3.30. The molecule has 2 heterocycles. The molecule has 0 saturated carbocycles. The molecule has 3 nitrogen and oxygen atoms in total. The quantitative estimate of drug-likeness (QED) is 0.918. The second-order valence-electron chi connectivity index (χ2n) is 5.75. The average Bonchev–Trinajstić information content (AvgIpc) is 2.52. The number of hydrogen-bond donors (Lipinski definition) is 1. The number of pyridine rings is 1. The van der Waals surface area contributed by atoms with E-state index in [1.54, 1.807) is 0 Å². The van der Waals surface area contributed by atoms with Gasteiger partial charge in [0, 0.05) is 30.7 Å². The fourth-order valence-corrected chi connectivity index (χ4v) is 3.31. The molecule has 0 spiro atoms. The number of fused-ring (bicyclic) bond motifs is 1. The van der Waals surface area contributed by atoms with Gasteiger partial charge in [0.25, 0.3) is 0 Å². The van der Waals surface area contributed by atoms with Crippen molar-refractivity contribution in [2.45, 2.75) is 32.2 Å². The van der Waals surface area contributed by atoms with E-state index in [-0.39, 0.29) is 0 Å². The van der Waals surface area contributed by atoms with E-state index in [0.29, 0.717) is 6.04 Å². The molecule has 2 aromatic rings. The van der Waals surface area contributed by atoms with Gasteiger partial charge in [-0.2, -0.15) is 0 Å². The molecule has 0 aliphatic carbocycles. The summed E-state index contributed by atoms with van der Waals surface area (Å²) in [7, 11) is 0. The summed E-state index contributed by atoms with van der Waals surface area (Å²) >= 11 is 6.25. The maximum Gasteiger partial charge on any atom is 0.0948 e. The Morgan fingerprint density at radius 1 is 1.29 bits per heavy atom. The Balaban J connectivity index is 1.73. The van der Waals surface area contributed by atoms with Crippen molar-refractivity contribution in [3.63, 3.8) is 0 Å². The summed E-state index contributed by atoms with van der Waals surface area (Å²) in [5.74, 6) is 0. The second-order valence-corrected chi connectivity index (χ2v) is 6.16. The minimum Gasteiger partial charge on any atom is -0.380 e. The van der Waals surface area contributed by atoms with Crippen LogP contribution in [0.3, 0.4) is 0 Å². The molecule has 1 N–H and O–H groups in total. The standard InChI is InChI=1S/C17H22ClN3/c1-2-10-21-11-7-13(8-12-21)20-16-6-5-15(18)14-4-3-9-19-17(14)16/h3-6,9,13,20H,2,7-8,10-12H2,1H3. The SMILES string of the molecule is CCCN1CCC(Nc2ccc(Cl)c3cccnc23)CC1. The van der Waals surface area contributed by atoms with Crippen molar-refractivity contribution in [1.82, 2.24) is 9.88 Å². The van der Waals surface area contributed by atoms with Gasteiger partial charge < -0.3 is 10.2 Å². The van der Waals surface area contributed by atoms with Gasteiger partial charge in [-0.25, -0.2) is 0 Å². The summed E-state index contributed by atoms with van der Waals surface area (Å²) in [4.78, 5) is 7.05. The molecule has 1 saturated heterocycles. The number of halogens is 1. The van der Waals surface area contributed by atoms with Gasteiger partial charge in [0.15, 0.2) is 0 Å². The van der Waals surface area contributed by atoms with Crippen LogP contribution in [-0.4, -0.2) is 35.6 Å². The van der Waals surface area contributed by atoms with Crippen molar-refractivity contribution in [1.29, 1.82) is 0 Å². The summed E-state index contributed by atoms with van der Waals surface area (Å²) in [5.41, 5.74) is 2.07. The van der Waals surface area contributed by atoms with Crippen molar-refractivity contribution in [3.8, 4) is 0 Å². The van der Waals surface area contributed by atoms with Crippen LogP contribution in [0.4, 0.5) is 5.69 Å².